The van der Waals surface area contributed by atoms with Gasteiger partial charge in [-0.1, -0.05) is 191 Å². The van der Waals surface area contributed by atoms with Crippen molar-refractivity contribution in [1.82, 2.24) is 70.4 Å². The first-order valence-electron chi connectivity index (χ1n) is 29.6. The molecule has 2 aliphatic heterocycles. The lowest BCUT2D eigenvalue weighted by molar-refractivity contribution is 0.320. The van der Waals surface area contributed by atoms with Gasteiger partial charge in [0, 0.05) is 65.1 Å². The Morgan fingerprint density at radius 2 is 1.16 bits per heavy atom. The Bertz CT molecular complexity index is 2260. The van der Waals surface area contributed by atoms with Gasteiger partial charge in [-0.15, -0.1) is 0 Å². The zero-order valence-electron chi connectivity index (χ0n) is 59.0. The number of oxazole rings is 2. The van der Waals surface area contributed by atoms with E-state index < -0.39 is 0 Å². The van der Waals surface area contributed by atoms with Gasteiger partial charge in [-0.2, -0.15) is 30.6 Å². The summed E-state index contributed by atoms with van der Waals surface area (Å²) >= 11 is 0. The van der Waals surface area contributed by atoms with E-state index in [0.29, 0.717) is 11.3 Å². The van der Waals surface area contributed by atoms with Crippen molar-refractivity contribution in [3.63, 3.8) is 0 Å². The molecule has 0 amide bonds. The minimum atomic E-state index is -0.0174. The number of nitrogens with zero attached hydrogens (tertiary/aromatic N) is 13. The van der Waals surface area contributed by atoms with E-state index in [9.17, 15) is 0 Å². The van der Waals surface area contributed by atoms with Gasteiger partial charge < -0.3 is 18.3 Å². The van der Waals surface area contributed by atoms with Crippen LogP contribution in [-0.4, -0.2) is 89.4 Å². The first kappa shape index (κ1) is 87.9. The minimum absolute atomic E-state index is 0. The molecule has 490 valence electrons. The molecule has 3 N–H and O–H groups in total. The lowest BCUT2D eigenvalue weighted by Gasteiger charge is -2.18. The number of aromatic nitrogens is 14. The fourth-order valence-electron chi connectivity index (χ4n) is 4.62. The van der Waals surface area contributed by atoms with Gasteiger partial charge in [0.2, 0.25) is 5.89 Å². The van der Waals surface area contributed by atoms with Crippen molar-refractivity contribution >= 4 is 12.4 Å². The molecule has 0 radical (unpaired) electrons. The molecule has 7 aromatic rings. The smallest absolute Gasteiger partial charge is 0.231 e. The van der Waals surface area contributed by atoms with Gasteiger partial charge in [-0.05, 0) is 89.2 Å². The van der Waals surface area contributed by atoms with Crippen LogP contribution in [-0.2, 0) is 16.4 Å². The van der Waals surface area contributed by atoms with E-state index >= 15 is 0 Å². The van der Waals surface area contributed by atoms with E-state index in [1.165, 1.54) is 30.3 Å². The van der Waals surface area contributed by atoms with Crippen molar-refractivity contribution in [2.45, 2.75) is 245 Å². The summed E-state index contributed by atoms with van der Waals surface area (Å²) in [5.74, 6) is 6.52. The second-order valence-corrected chi connectivity index (χ2v) is 27.5. The molecule has 0 fully saturated rings. The molecule has 0 atom stereocenters. The number of allylic oxidation sites excluding steroid dienone is 3. The summed E-state index contributed by atoms with van der Waals surface area (Å²) in [5.41, 5.74) is 5.31. The number of rotatable bonds is 0. The molecule has 0 aliphatic carbocycles. The lowest BCUT2D eigenvalue weighted by Crippen LogP contribution is -2.21. The summed E-state index contributed by atoms with van der Waals surface area (Å²) in [6.07, 6.45) is 27.4. The van der Waals surface area contributed by atoms with Gasteiger partial charge in [-0.25, -0.2) is 19.9 Å². The van der Waals surface area contributed by atoms with Crippen LogP contribution in [0, 0.1) is 62.2 Å². The highest BCUT2D eigenvalue weighted by molar-refractivity contribution is 5.82. The molecular formula is C67H124N16O3. The van der Waals surface area contributed by atoms with E-state index in [0.717, 1.165) is 65.5 Å². The van der Waals surface area contributed by atoms with Crippen LogP contribution in [0.15, 0.2) is 122 Å². The first-order valence-corrected chi connectivity index (χ1v) is 29.6. The molecule has 7 aromatic heterocycles. The van der Waals surface area contributed by atoms with Crippen LogP contribution in [0.5, 0.6) is 0 Å². The van der Waals surface area contributed by atoms with Crippen LogP contribution in [0.25, 0.3) is 0 Å². The molecule has 0 aromatic carbocycles. The molecule has 0 saturated carbocycles. The van der Waals surface area contributed by atoms with Crippen molar-refractivity contribution < 1.29 is 13.4 Å². The average Bonchev–Trinajstić information content (AvgIpc) is 4.44. The normalized spacial score (nSPS) is 11.7. The Balaban J connectivity index is -0.000000278. The first-order chi connectivity index (χ1) is 39.0. The largest absolute Gasteiger partial charge is 0.449 e. The Hall–Kier alpha value is -6.92. The van der Waals surface area contributed by atoms with E-state index in [1.807, 2.05) is 77.8 Å². The molecule has 0 saturated heterocycles. The van der Waals surface area contributed by atoms with Crippen molar-refractivity contribution in [3.8, 4) is 0 Å². The maximum atomic E-state index is 5.09. The average molecular weight is 1200 g/mol. The third-order valence-electron chi connectivity index (χ3n) is 8.46. The maximum absolute atomic E-state index is 5.09. The number of hydrogen-bond acceptors (Lipinski definition) is 15. The van der Waals surface area contributed by atoms with Gasteiger partial charge >= 0.3 is 0 Å². The molecule has 19 heteroatoms. The Kier molecular flexibility index (Phi) is 49.3. The van der Waals surface area contributed by atoms with E-state index in [1.54, 1.807) is 43.6 Å². The zero-order chi connectivity index (χ0) is 66.5. The van der Waals surface area contributed by atoms with Crippen LogP contribution in [0.1, 0.15) is 236 Å². The summed E-state index contributed by atoms with van der Waals surface area (Å²) < 4.78 is 16.6. The van der Waals surface area contributed by atoms with Gasteiger partial charge in [0.05, 0.1) is 42.7 Å². The van der Waals surface area contributed by atoms with Gasteiger partial charge in [0.1, 0.15) is 24.2 Å². The Morgan fingerprint density at radius 1 is 0.593 bits per heavy atom. The summed E-state index contributed by atoms with van der Waals surface area (Å²) in [7, 11) is 0. The Morgan fingerprint density at radius 3 is 1.33 bits per heavy atom. The summed E-state index contributed by atoms with van der Waals surface area (Å²) in [6.45, 7) is 66.3. The highest BCUT2D eigenvalue weighted by Gasteiger charge is 2.20. The van der Waals surface area contributed by atoms with E-state index in [2.05, 4.69) is 254 Å². The van der Waals surface area contributed by atoms with Gasteiger partial charge in [0.15, 0.2) is 18.6 Å². The predicted molar refractivity (Wildman–Crippen MR) is 363 cm³/mol. The molecule has 0 spiro atoms. The van der Waals surface area contributed by atoms with Crippen LogP contribution in [0.3, 0.4) is 0 Å². The van der Waals surface area contributed by atoms with Crippen LogP contribution in [0.2, 0.25) is 0 Å². The topological polar surface area (TPSA) is 245 Å². The molecule has 2 aliphatic rings. The second kappa shape index (κ2) is 48.2. The van der Waals surface area contributed by atoms with Crippen molar-refractivity contribution in [3.05, 3.63) is 133 Å². The predicted octanol–water partition coefficient (Wildman–Crippen LogP) is 18.6. The maximum Gasteiger partial charge on any atom is 0.231 e. The fourth-order valence-corrected chi connectivity index (χ4v) is 4.62. The SMILES string of the molecule is C.CC(C)(C)C1=CCC=N1.CC(C)(C)C1=CCN=C1.CC(C)(C)c1ncco1.CC(C)(C)c1ncno1.CC(C)(C)n1cccn1.CC(C)C.CC(C)C.CC(C)C.CC(C)C.Cc1cn[nH]n1.Cc1cnc[nH]1.Cc1cnco1.Cc1ncn[nH]1. The molecular weight excluding hydrogens is 1080 g/mol. The van der Waals surface area contributed by atoms with Crippen LogP contribution in [0.4, 0.5) is 0 Å². The number of aryl methyl sites for hydroxylation is 4. The summed E-state index contributed by atoms with van der Waals surface area (Å²) in [5, 5.41) is 23.5. The third kappa shape index (κ3) is 60.2. The second-order valence-electron chi connectivity index (χ2n) is 27.5. The fraction of sp³-hybridized carbons (Fsp3) is 0.642. The van der Waals surface area contributed by atoms with Crippen molar-refractivity contribution in [2.75, 3.05) is 6.54 Å². The lowest BCUT2D eigenvalue weighted by atomic mass is 9.88. The van der Waals surface area contributed by atoms with Crippen molar-refractivity contribution in [1.29, 1.82) is 0 Å². The van der Waals surface area contributed by atoms with Crippen molar-refractivity contribution in [2.24, 2.45) is 44.5 Å². The summed E-state index contributed by atoms with van der Waals surface area (Å²) in [6, 6.07) is 1.94. The number of H-pyrrole nitrogens is 3. The number of imidazole rings is 1. The summed E-state index contributed by atoms with van der Waals surface area (Å²) in [4.78, 5) is 30.3. The molecule has 0 bridgehead atoms. The monoisotopic (exact) mass is 1200 g/mol. The number of aliphatic imine (C=N–C) groups is 2. The Labute approximate surface area is 523 Å². The van der Waals surface area contributed by atoms with Crippen LogP contribution < -0.4 is 0 Å². The number of aromatic amines is 3. The zero-order valence-corrected chi connectivity index (χ0v) is 59.0. The van der Waals surface area contributed by atoms with Gasteiger partial charge in [0.25, 0.3) is 0 Å². The molecule has 0 unspecified atom stereocenters. The van der Waals surface area contributed by atoms with Crippen LogP contribution >= 0.6 is 0 Å². The van der Waals surface area contributed by atoms with E-state index in [4.69, 9.17) is 13.4 Å². The molecule has 9 heterocycles. The quantitative estimate of drug-likeness (QED) is 0.128. The molecule has 19 nitrogen and oxygen atoms in total. The van der Waals surface area contributed by atoms with Gasteiger partial charge in [-0.3, -0.25) is 19.8 Å². The standard InChI is InChI=1S/2C8H13N.C7H12N2.C7H11NO.C6H10N2O.C4H6N2.C4H5NO.4C4H10.2C3H5N3.CH4/c1-8(2,3)7-4-5-9-6-7;1-8(2,3)7-5-4-6-9-7;1-7(2,3)9-6-4-5-8-9;1-7(2,3)6-8-4-5-9-6;1-6(2,3)5-7-4-8-9-5;2*1-4-2-5-3-6-4;4*1-4(2)3;1-3-4-2-5-6-3;1-3-2-4-6-5-3;/h4,6H,5H2,1-3H3;5-6H,4H2,1-3H3;4-6H,1-3H3;4-5H,1-3H3;4H,1-3H3;2-3H,1H3,(H,5,6);2-3H,1H3;4*4H,1-3H3;2*2H,1H3,(H,4,5,6);1H4. The number of nitrogens with one attached hydrogen (secondary N) is 3. The number of hydrogen-bond donors (Lipinski definition) is 3. The highest BCUT2D eigenvalue weighted by Crippen LogP contribution is 2.28. The highest BCUT2D eigenvalue weighted by atomic mass is 16.5. The molecule has 86 heavy (non-hydrogen) atoms. The minimum Gasteiger partial charge on any atom is -0.449 e. The van der Waals surface area contributed by atoms with E-state index in [-0.39, 0.29) is 29.2 Å². The molecule has 9 rings (SSSR count). The third-order valence-corrected chi connectivity index (χ3v) is 8.46.